The van der Waals surface area contributed by atoms with Gasteiger partial charge in [-0.3, -0.25) is 29.3 Å². The van der Waals surface area contributed by atoms with Crippen LogP contribution in [0.5, 0.6) is 0 Å². The fourth-order valence-electron chi connectivity index (χ4n) is 1.84. The second-order valence-corrected chi connectivity index (χ2v) is 6.31. The zero-order valence-corrected chi connectivity index (χ0v) is 18.9. The fourth-order valence-corrected chi connectivity index (χ4v) is 1.84. The van der Waals surface area contributed by atoms with E-state index in [1.54, 1.807) is 41.5 Å². The zero-order chi connectivity index (χ0) is 23.2. The van der Waals surface area contributed by atoms with Gasteiger partial charge < -0.3 is 15.6 Å². The van der Waals surface area contributed by atoms with Crippen molar-refractivity contribution >= 4 is 0 Å². The molecule has 3 N–H and O–H groups in total. The Morgan fingerprint density at radius 1 is 0.548 bits per heavy atom. The number of nitrogens with zero attached hydrogens (tertiary/aromatic N) is 6. The van der Waals surface area contributed by atoms with Gasteiger partial charge in [-0.05, 0) is 41.5 Å². The van der Waals surface area contributed by atoms with Crippen molar-refractivity contribution in [1.29, 1.82) is 0 Å². The molecule has 0 aromatic carbocycles. The van der Waals surface area contributed by atoms with Gasteiger partial charge in [0.15, 0.2) is 0 Å². The molecule has 31 heavy (non-hydrogen) atoms. The number of aryl methyl sites for hydroxylation is 6. The Balaban J connectivity index is 0.000000429. The summed E-state index contributed by atoms with van der Waals surface area (Å²) in [5, 5.41) is 26.9. The number of rotatable bonds is 0. The maximum atomic E-state index is 10.8. The van der Waals surface area contributed by atoms with Gasteiger partial charge in [-0.15, -0.1) is 14.2 Å². The summed E-state index contributed by atoms with van der Waals surface area (Å²) in [7, 11) is 0. The number of hydrogen-bond acceptors (Lipinski definition) is 9. The van der Waals surface area contributed by atoms with Crippen LogP contribution in [0.2, 0.25) is 0 Å². The first-order valence-corrected chi connectivity index (χ1v) is 8.62. The standard InChI is InChI=1S/3C6H8N2O2.Fe/c3*1-4-3-7-5(2)6(9)8(4)10;/h3*3,10H,1-2H3;/q;;;+3. The van der Waals surface area contributed by atoms with Crippen LogP contribution in [-0.4, -0.2) is 44.8 Å². The predicted molar refractivity (Wildman–Crippen MR) is 105 cm³/mol. The summed E-state index contributed by atoms with van der Waals surface area (Å²) in [6, 6.07) is 0. The second kappa shape index (κ2) is 11.7. The molecule has 0 amide bonds. The molecule has 3 aromatic rings. The molecular weight excluding hydrogens is 452 g/mol. The maximum absolute atomic E-state index is 10.8. The Labute approximate surface area is 187 Å². The molecule has 3 aromatic heterocycles. The van der Waals surface area contributed by atoms with Crippen LogP contribution in [0.25, 0.3) is 0 Å². The summed E-state index contributed by atoms with van der Waals surface area (Å²) < 4.78 is 1.76. The normalized spacial score (nSPS) is 9.48. The predicted octanol–water partition coefficient (Wildman–Crippen LogP) is 0.290. The topological polar surface area (TPSA) is 165 Å². The van der Waals surface area contributed by atoms with E-state index < -0.39 is 16.7 Å². The molecule has 0 fully saturated rings. The van der Waals surface area contributed by atoms with E-state index in [-0.39, 0.29) is 17.1 Å². The van der Waals surface area contributed by atoms with Crippen molar-refractivity contribution in [2.45, 2.75) is 41.5 Å². The van der Waals surface area contributed by atoms with Gasteiger partial charge in [0.05, 0.1) is 35.7 Å². The molecule has 12 nitrogen and oxygen atoms in total. The molecule has 0 atom stereocenters. The van der Waals surface area contributed by atoms with Gasteiger partial charge in [-0.2, -0.15) is 0 Å². The van der Waals surface area contributed by atoms with Crippen molar-refractivity contribution in [3.05, 3.63) is 83.8 Å². The van der Waals surface area contributed by atoms with Crippen LogP contribution in [0.3, 0.4) is 0 Å². The summed E-state index contributed by atoms with van der Waals surface area (Å²) >= 11 is 0. The van der Waals surface area contributed by atoms with Crippen molar-refractivity contribution in [2.24, 2.45) is 0 Å². The second-order valence-electron chi connectivity index (χ2n) is 6.31. The van der Waals surface area contributed by atoms with Crippen molar-refractivity contribution in [3.8, 4) is 0 Å². The van der Waals surface area contributed by atoms with E-state index in [1.165, 1.54) is 18.6 Å². The Morgan fingerprint density at radius 3 is 0.903 bits per heavy atom. The van der Waals surface area contributed by atoms with Crippen molar-refractivity contribution in [2.75, 3.05) is 0 Å². The minimum Gasteiger partial charge on any atom is -0.425 e. The van der Waals surface area contributed by atoms with Gasteiger partial charge in [0.25, 0.3) is 0 Å². The van der Waals surface area contributed by atoms with Crippen LogP contribution in [0.15, 0.2) is 33.0 Å². The van der Waals surface area contributed by atoms with Crippen LogP contribution in [0.4, 0.5) is 0 Å². The molecule has 3 rings (SSSR count). The van der Waals surface area contributed by atoms with E-state index in [4.69, 9.17) is 15.6 Å². The zero-order valence-electron chi connectivity index (χ0n) is 17.8. The third kappa shape index (κ3) is 7.08. The van der Waals surface area contributed by atoms with E-state index >= 15 is 0 Å². The van der Waals surface area contributed by atoms with Crippen LogP contribution < -0.4 is 16.7 Å². The van der Waals surface area contributed by atoms with Crippen LogP contribution >= 0.6 is 0 Å². The van der Waals surface area contributed by atoms with Gasteiger partial charge in [-0.1, -0.05) is 0 Å². The minimum atomic E-state index is -0.458. The van der Waals surface area contributed by atoms with Gasteiger partial charge in [-0.25, -0.2) is 0 Å². The first kappa shape index (κ1) is 27.6. The molecule has 0 aliphatic rings. The first-order valence-electron chi connectivity index (χ1n) is 8.62. The Morgan fingerprint density at radius 2 is 0.742 bits per heavy atom. The summed E-state index contributed by atoms with van der Waals surface area (Å²) in [6.07, 6.45) is 4.32. The van der Waals surface area contributed by atoms with Gasteiger partial charge in [0.1, 0.15) is 17.1 Å². The molecule has 0 saturated carbocycles. The van der Waals surface area contributed by atoms with Crippen molar-refractivity contribution in [1.82, 2.24) is 29.1 Å². The third-order valence-corrected chi connectivity index (χ3v) is 3.84. The fraction of sp³-hybridized carbons (Fsp3) is 0.333. The molecule has 0 saturated heterocycles. The Hall–Kier alpha value is -3.44. The quantitative estimate of drug-likeness (QED) is 0.305. The van der Waals surface area contributed by atoms with Gasteiger partial charge >= 0.3 is 33.7 Å². The first-order chi connectivity index (χ1) is 13.9. The molecule has 0 unspecified atom stereocenters. The average Bonchev–Trinajstić information content (AvgIpc) is 2.73. The smallest absolute Gasteiger partial charge is 0.425 e. The molecule has 13 heteroatoms. The average molecular weight is 476 g/mol. The monoisotopic (exact) mass is 476 g/mol. The molecule has 0 bridgehead atoms. The molecule has 0 aliphatic heterocycles. The van der Waals surface area contributed by atoms with Gasteiger partial charge in [0.2, 0.25) is 0 Å². The van der Waals surface area contributed by atoms with E-state index in [2.05, 4.69) is 15.0 Å². The van der Waals surface area contributed by atoms with E-state index in [1.807, 2.05) is 0 Å². The molecule has 0 aliphatic carbocycles. The molecule has 0 spiro atoms. The SMILES string of the molecule is Cc1ncc(C)n(O)c1=O.Cc1ncc(C)n(O)c1=O.Cc1ncc(C)n(O)c1=O.[Fe+3]. The van der Waals surface area contributed by atoms with Gasteiger partial charge in [0, 0.05) is 0 Å². The summed E-state index contributed by atoms with van der Waals surface area (Å²) in [5.41, 5.74) is 0.844. The maximum Gasteiger partial charge on any atom is 3.00 e. The van der Waals surface area contributed by atoms with E-state index in [9.17, 15) is 14.4 Å². The Kier molecular flexibility index (Phi) is 10.4. The number of hydrogen-bond donors (Lipinski definition) is 3. The Bertz CT molecular complexity index is 1070. The molecular formula is C18H24FeN6O6+3. The largest absolute Gasteiger partial charge is 3.00 e. The summed E-state index contributed by atoms with van der Waals surface area (Å²) in [4.78, 5) is 43.8. The van der Waals surface area contributed by atoms with Crippen molar-refractivity contribution < 1.29 is 32.7 Å². The summed E-state index contributed by atoms with van der Waals surface area (Å²) in [5.74, 6) is 0. The molecule has 1 radical (unpaired) electrons. The van der Waals surface area contributed by atoms with Crippen LogP contribution in [-0.2, 0) is 17.1 Å². The van der Waals surface area contributed by atoms with Crippen LogP contribution in [0, 0.1) is 41.5 Å². The summed E-state index contributed by atoms with van der Waals surface area (Å²) in [6.45, 7) is 9.47. The molecule has 167 valence electrons. The minimum absolute atomic E-state index is 0. The van der Waals surface area contributed by atoms with Crippen LogP contribution in [0.1, 0.15) is 34.2 Å². The van der Waals surface area contributed by atoms with Crippen molar-refractivity contribution in [3.63, 3.8) is 0 Å². The third-order valence-electron chi connectivity index (χ3n) is 3.84. The van der Waals surface area contributed by atoms with E-state index in [0.717, 1.165) is 0 Å². The molecule has 3 heterocycles. The van der Waals surface area contributed by atoms with E-state index in [0.29, 0.717) is 48.4 Å². The number of aromatic nitrogens is 6.